The number of nitrogens with two attached hydrogens (primary N) is 1. The van der Waals surface area contributed by atoms with Gasteiger partial charge in [0.25, 0.3) is 5.69 Å². The molecule has 2 aromatic rings. The number of thiophene rings is 1. The van der Waals surface area contributed by atoms with E-state index in [4.69, 9.17) is 5.73 Å². The Morgan fingerprint density at radius 1 is 1.35 bits per heavy atom. The highest BCUT2D eigenvalue weighted by Gasteiger charge is 2.19. The fourth-order valence-corrected chi connectivity index (χ4v) is 3.34. The van der Waals surface area contributed by atoms with Crippen molar-refractivity contribution in [2.24, 2.45) is 0 Å². The number of sulfonamides is 1. The summed E-state index contributed by atoms with van der Waals surface area (Å²) in [5.74, 6) is 0. The molecular formula is C11H11N3O4S2. The van der Waals surface area contributed by atoms with Crippen LogP contribution >= 0.6 is 11.3 Å². The normalized spacial score (nSPS) is 11.4. The molecule has 0 unspecified atom stereocenters. The van der Waals surface area contributed by atoms with Gasteiger partial charge in [-0.1, -0.05) is 0 Å². The van der Waals surface area contributed by atoms with E-state index in [0.717, 1.165) is 23.8 Å². The van der Waals surface area contributed by atoms with E-state index in [1.807, 2.05) is 10.8 Å². The maximum atomic E-state index is 12.1. The first-order valence-electron chi connectivity index (χ1n) is 5.45. The van der Waals surface area contributed by atoms with Gasteiger partial charge in [0.15, 0.2) is 0 Å². The van der Waals surface area contributed by atoms with E-state index in [9.17, 15) is 18.5 Å². The number of nitro groups is 1. The van der Waals surface area contributed by atoms with Crippen molar-refractivity contribution in [1.82, 2.24) is 4.72 Å². The largest absolute Gasteiger partial charge is 0.397 e. The average Bonchev–Trinajstić information content (AvgIpc) is 2.89. The molecule has 3 N–H and O–H groups in total. The molecule has 20 heavy (non-hydrogen) atoms. The molecule has 0 fully saturated rings. The van der Waals surface area contributed by atoms with Gasteiger partial charge >= 0.3 is 0 Å². The van der Waals surface area contributed by atoms with Crippen molar-refractivity contribution >= 4 is 32.7 Å². The van der Waals surface area contributed by atoms with Gasteiger partial charge in [0.1, 0.15) is 4.90 Å². The summed E-state index contributed by atoms with van der Waals surface area (Å²) in [5.41, 5.74) is 6.00. The standard InChI is InChI=1S/C11H11N3O4S2/c12-10-5-9(14(15)16)1-2-11(10)20(17,18)13-6-8-3-4-19-7-8/h1-5,7,13H,6,12H2. The minimum absolute atomic E-state index is 0.141. The summed E-state index contributed by atoms with van der Waals surface area (Å²) in [5, 5.41) is 14.2. The van der Waals surface area contributed by atoms with Crippen LogP contribution in [0.25, 0.3) is 0 Å². The van der Waals surface area contributed by atoms with Crippen LogP contribution < -0.4 is 10.5 Å². The molecule has 0 aliphatic carbocycles. The Kier molecular flexibility index (Phi) is 4.02. The Morgan fingerprint density at radius 3 is 2.65 bits per heavy atom. The summed E-state index contributed by atoms with van der Waals surface area (Å²) < 4.78 is 26.5. The Labute approximate surface area is 119 Å². The minimum atomic E-state index is -3.80. The van der Waals surface area contributed by atoms with Gasteiger partial charge in [0.2, 0.25) is 10.0 Å². The van der Waals surface area contributed by atoms with Crippen molar-refractivity contribution < 1.29 is 13.3 Å². The molecule has 0 amide bonds. The van der Waals surface area contributed by atoms with Crippen molar-refractivity contribution in [2.75, 3.05) is 5.73 Å². The zero-order valence-electron chi connectivity index (χ0n) is 10.1. The first-order chi connectivity index (χ1) is 9.40. The summed E-state index contributed by atoms with van der Waals surface area (Å²) in [7, 11) is -3.80. The Morgan fingerprint density at radius 2 is 2.10 bits per heavy atom. The van der Waals surface area contributed by atoms with Gasteiger partial charge in [-0.25, -0.2) is 13.1 Å². The number of nitrogens with one attached hydrogen (secondary N) is 1. The van der Waals surface area contributed by atoms with Gasteiger partial charge in [-0.05, 0) is 28.5 Å². The number of rotatable bonds is 5. The molecule has 2 rings (SSSR count). The molecule has 9 heteroatoms. The molecule has 0 aliphatic rings. The zero-order valence-corrected chi connectivity index (χ0v) is 11.8. The number of anilines is 1. The zero-order chi connectivity index (χ0) is 14.8. The van der Waals surface area contributed by atoms with Crippen molar-refractivity contribution in [1.29, 1.82) is 0 Å². The Hall–Kier alpha value is -1.97. The maximum absolute atomic E-state index is 12.1. The van der Waals surface area contributed by atoms with Crippen LogP contribution in [0.1, 0.15) is 5.56 Å². The number of nitro benzene ring substituents is 1. The van der Waals surface area contributed by atoms with Crippen LogP contribution in [0.3, 0.4) is 0 Å². The molecule has 0 aliphatic heterocycles. The van der Waals surface area contributed by atoms with E-state index in [-0.39, 0.29) is 22.8 Å². The van der Waals surface area contributed by atoms with Crippen LogP contribution in [0, 0.1) is 10.1 Å². The van der Waals surface area contributed by atoms with Crippen LogP contribution in [0.4, 0.5) is 11.4 Å². The van der Waals surface area contributed by atoms with Crippen LogP contribution in [-0.2, 0) is 16.6 Å². The van der Waals surface area contributed by atoms with E-state index >= 15 is 0 Å². The lowest BCUT2D eigenvalue weighted by Crippen LogP contribution is -2.24. The van der Waals surface area contributed by atoms with Gasteiger partial charge in [0.05, 0.1) is 10.6 Å². The van der Waals surface area contributed by atoms with Crippen LogP contribution in [0.15, 0.2) is 39.9 Å². The van der Waals surface area contributed by atoms with Gasteiger partial charge < -0.3 is 5.73 Å². The second kappa shape index (κ2) is 5.57. The predicted molar refractivity (Wildman–Crippen MR) is 75.9 cm³/mol. The molecular weight excluding hydrogens is 302 g/mol. The molecule has 0 spiro atoms. The molecule has 1 aromatic carbocycles. The quantitative estimate of drug-likeness (QED) is 0.495. The lowest BCUT2D eigenvalue weighted by atomic mass is 10.3. The van der Waals surface area contributed by atoms with E-state index < -0.39 is 14.9 Å². The predicted octanol–water partition coefficient (Wildman–Crippen LogP) is 1.72. The lowest BCUT2D eigenvalue weighted by Gasteiger charge is -2.08. The summed E-state index contributed by atoms with van der Waals surface area (Å²) in [6.45, 7) is 0.141. The second-order valence-corrected chi connectivity index (χ2v) is 6.45. The highest BCUT2D eigenvalue weighted by atomic mass is 32.2. The molecule has 106 valence electrons. The molecule has 1 heterocycles. The lowest BCUT2D eigenvalue weighted by molar-refractivity contribution is -0.384. The molecule has 1 aromatic heterocycles. The average molecular weight is 313 g/mol. The minimum Gasteiger partial charge on any atom is -0.397 e. The highest BCUT2D eigenvalue weighted by molar-refractivity contribution is 7.89. The number of hydrogen-bond donors (Lipinski definition) is 2. The van der Waals surface area contributed by atoms with E-state index in [0.29, 0.717) is 0 Å². The third kappa shape index (κ3) is 3.13. The molecule has 7 nitrogen and oxygen atoms in total. The van der Waals surface area contributed by atoms with Crippen molar-refractivity contribution in [3.05, 3.63) is 50.7 Å². The van der Waals surface area contributed by atoms with Gasteiger partial charge in [-0.15, -0.1) is 0 Å². The molecule has 0 bridgehead atoms. The van der Waals surface area contributed by atoms with E-state index in [1.165, 1.54) is 11.3 Å². The summed E-state index contributed by atoms with van der Waals surface area (Å²) >= 11 is 1.46. The van der Waals surface area contributed by atoms with E-state index in [2.05, 4.69) is 4.72 Å². The van der Waals surface area contributed by atoms with Crippen molar-refractivity contribution in [2.45, 2.75) is 11.4 Å². The Bertz CT molecular complexity index is 726. The fourth-order valence-electron chi connectivity index (χ4n) is 1.54. The number of nitrogens with zero attached hydrogens (tertiary/aromatic N) is 1. The van der Waals surface area contributed by atoms with Gasteiger partial charge in [-0.2, -0.15) is 11.3 Å². The first kappa shape index (κ1) is 14.4. The fraction of sp³-hybridized carbons (Fsp3) is 0.0909. The maximum Gasteiger partial charge on any atom is 0.271 e. The summed E-state index contributed by atoms with van der Waals surface area (Å²) in [4.78, 5) is 9.78. The number of nitrogen functional groups attached to an aromatic ring is 1. The smallest absolute Gasteiger partial charge is 0.271 e. The Balaban J connectivity index is 2.23. The summed E-state index contributed by atoms with van der Waals surface area (Å²) in [6, 6.07) is 5.06. The van der Waals surface area contributed by atoms with Crippen LogP contribution in [0.5, 0.6) is 0 Å². The number of benzene rings is 1. The third-order valence-electron chi connectivity index (χ3n) is 2.54. The van der Waals surface area contributed by atoms with Crippen molar-refractivity contribution in [3.63, 3.8) is 0 Å². The van der Waals surface area contributed by atoms with Crippen LogP contribution in [0.2, 0.25) is 0 Å². The molecule has 0 saturated carbocycles. The van der Waals surface area contributed by atoms with Crippen molar-refractivity contribution in [3.8, 4) is 0 Å². The second-order valence-electron chi connectivity index (χ2n) is 3.94. The van der Waals surface area contributed by atoms with E-state index in [1.54, 1.807) is 6.07 Å². The van der Waals surface area contributed by atoms with Crippen LogP contribution in [-0.4, -0.2) is 13.3 Å². The molecule has 0 radical (unpaired) electrons. The SMILES string of the molecule is Nc1cc([N+](=O)[O-])ccc1S(=O)(=O)NCc1ccsc1. The number of non-ortho nitro benzene ring substituents is 1. The number of hydrogen-bond acceptors (Lipinski definition) is 6. The monoisotopic (exact) mass is 313 g/mol. The topological polar surface area (TPSA) is 115 Å². The highest BCUT2D eigenvalue weighted by Crippen LogP contribution is 2.23. The van der Waals surface area contributed by atoms with Gasteiger partial charge in [-0.3, -0.25) is 10.1 Å². The third-order valence-corrected chi connectivity index (χ3v) is 4.75. The summed E-state index contributed by atoms with van der Waals surface area (Å²) in [6.07, 6.45) is 0. The molecule has 0 saturated heterocycles. The first-order valence-corrected chi connectivity index (χ1v) is 7.87. The van der Waals surface area contributed by atoms with Gasteiger partial charge in [0, 0.05) is 18.7 Å². The molecule has 0 atom stereocenters.